The molecule has 0 N–H and O–H groups in total. The second-order valence-electron chi connectivity index (χ2n) is 4.05. The number of rotatable bonds is 1. The summed E-state index contributed by atoms with van der Waals surface area (Å²) < 4.78 is 24.2. The number of nitrogens with zero attached hydrogens (tertiary/aromatic N) is 2. The van der Waals surface area contributed by atoms with Crippen molar-refractivity contribution in [2.75, 3.05) is 19.3 Å². The third-order valence-electron chi connectivity index (χ3n) is 3.02. The molecule has 5 nitrogen and oxygen atoms in total. The van der Waals surface area contributed by atoms with Crippen molar-refractivity contribution in [1.29, 1.82) is 0 Å². The van der Waals surface area contributed by atoms with Gasteiger partial charge in [-0.3, -0.25) is 4.79 Å². The van der Waals surface area contributed by atoms with Gasteiger partial charge in [-0.15, -0.1) is 0 Å². The Morgan fingerprint density at radius 2 is 1.75 bits per heavy atom. The molecule has 0 radical (unpaired) electrons. The van der Waals surface area contributed by atoms with Gasteiger partial charge < -0.3 is 4.90 Å². The predicted octanol–water partition coefficient (Wildman–Crippen LogP) is 0.277. The van der Waals surface area contributed by atoms with Gasteiger partial charge in [-0.25, -0.2) is 8.42 Å². The van der Waals surface area contributed by atoms with Gasteiger partial charge in [0.1, 0.15) is 0 Å². The van der Waals surface area contributed by atoms with Gasteiger partial charge in [0.25, 0.3) is 0 Å². The monoisotopic (exact) mass is 248 g/mol. The third-order valence-corrected chi connectivity index (χ3v) is 4.32. The minimum atomic E-state index is -3.09. The molecule has 2 heterocycles. The van der Waals surface area contributed by atoms with Crippen molar-refractivity contribution < 1.29 is 13.2 Å². The number of carbonyl (C=O) groups excluding carboxylic acids is 1. The molecular weight excluding hydrogens is 228 g/mol. The van der Waals surface area contributed by atoms with E-state index in [1.807, 2.05) is 13.8 Å². The SMILES string of the molecule is CC.CC(=O)N1CC2CC1CN2S(C)(=O)=O. The lowest BCUT2D eigenvalue weighted by Crippen LogP contribution is -2.49. The molecule has 16 heavy (non-hydrogen) atoms. The smallest absolute Gasteiger partial charge is 0.219 e. The van der Waals surface area contributed by atoms with Crippen LogP contribution in [0.1, 0.15) is 27.2 Å². The molecule has 2 aliphatic rings. The number of likely N-dealkylation sites (tertiary alicyclic amines) is 1. The van der Waals surface area contributed by atoms with Gasteiger partial charge >= 0.3 is 0 Å². The Morgan fingerprint density at radius 3 is 2.06 bits per heavy atom. The molecule has 1 amide bonds. The lowest BCUT2D eigenvalue weighted by molar-refractivity contribution is -0.130. The molecule has 94 valence electrons. The highest BCUT2D eigenvalue weighted by molar-refractivity contribution is 7.88. The van der Waals surface area contributed by atoms with E-state index < -0.39 is 10.0 Å². The quantitative estimate of drug-likeness (QED) is 0.669. The third kappa shape index (κ3) is 2.38. The van der Waals surface area contributed by atoms with Gasteiger partial charge in [-0.05, 0) is 6.42 Å². The van der Waals surface area contributed by atoms with E-state index in [9.17, 15) is 13.2 Å². The number of sulfonamides is 1. The highest BCUT2D eigenvalue weighted by Crippen LogP contribution is 2.32. The first-order valence-electron chi connectivity index (χ1n) is 5.63. The normalized spacial score (nSPS) is 28.9. The molecular formula is C10H20N2O3S. The van der Waals surface area contributed by atoms with E-state index in [2.05, 4.69) is 0 Å². The first-order chi connectivity index (χ1) is 7.39. The maximum atomic E-state index is 11.3. The van der Waals surface area contributed by atoms with Crippen LogP contribution in [0.2, 0.25) is 0 Å². The van der Waals surface area contributed by atoms with Gasteiger partial charge in [0.05, 0.1) is 6.26 Å². The summed E-state index contributed by atoms with van der Waals surface area (Å²) >= 11 is 0. The fraction of sp³-hybridized carbons (Fsp3) is 0.900. The molecule has 2 atom stereocenters. The van der Waals surface area contributed by atoms with Crippen molar-refractivity contribution in [1.82, 2.24) is 9.21 Å². The van der Waals surface area contributed by atoms with Crippen LogP contribution in [0.3, 0.4) is 0 Å². The van der Waals surface area contributed by atoms with E-state index in [-0.39, 0.29) is 18.0 Å². The van der Waals surface area contributed by atoms with Crippen LogP contribution in [-0.4, -0.2) is 55.0 Å². The largest absolute Gasteiger partial charge is 0.337 e. The molecule has 0 aliphatic carbocycles. The Labute approximate surface area is 97.5 Å². The Kier molecular flexibility index (Phi) is 3.96. The van der Waals surface area contributed by atoms with Crippen molar-refractivity contribution in [3.63, 3.8) is 0 Å². The lowest BCUT2D eigenvalue weighted by Gasteiger charge is -2.32. The summed E-state index contributed by atoms with van der Waals surface area (Å²) in [6.45, 7) is 6.57. The topological polar surface area (TPSA) is 57.7 Å². The molecule has 0 spiro atoms. The highest BCUT2D eigenvalue weighted by atomic mass is 32.2. The van der Waals surface area contributed by atoms with Crippen LogP contribution in [0.5, 0.6) is 0 Å². The van der Waals surface area contributed by atoms with Crippen molar-refractivity contribution in [3.8, 4) is 0 Å². The fourth-order valence-corrected chi connectivity index (χ4v) is 3.56. The summed E-state index contributed by atoms with van der Waals surface area (Å²) in [7, 11) is -3.09. The molecule has 0 saturated carbocycles. The minimum Gasteiger partial charge on any atom is -0.337 e. The van der Waals surface area contributed by atoms with Gasteiger partial charge in [0.2, 0.25) is 15.9 Å². The number of hydrogen-bond donors (Lipinski definition) is 0. The van der Waals surface area contributed by atoms with Gasteiger partial charge in [-0.2, -0.15) is 4.31 Å². The fourth-order valence-electron chi connectivity index (χ4n) is 2.42. The first kappa shape index (κ1) is 13.4. The number of piperazine rings is 1. The number of amides is 1. The summed E-state index contributed by atoms with van der Waals surface area (Å²) in [4.78, 5) is 12.9. The van der Waals surface area contributed by atoms with Crippen LogP contribution in [0, 0.1) is 0 Å². The van der Waals surface area contributed by atoms with Crippen LogP contribution in [0.15, 0.2) is 0 Å². The molecule has 0 aromatic carbocycles. The zero-order valence-corrected chi connectivity index (χ0v) is 11.1. The van der Waals surface area contributed by atoms with E-state index in [1.165, 1.54) is 17.5 Å². The average molecular weight is 248 g/mol. The summed E-state index contributed by atoms with van der Waals surface area (Å²) in [5.74, 6) is 0.0469. The minimum absolute atomic E-state index is 0.0129. The Balaban J connectivity index is 0.000000606. The maximum Gasteiger partial charge on any atom is 0.219 e. The molecule has 0 aromatic rings. The number of hydrogen-bond acceptors (Lipinski definition) is 3. The molecule has 6 heteroatoms. The van der Waals surface area contributed by atoms with Gasteiger partial charge in [-0.1, -0.05) is 13.8 Å². The molecule has 2 aliphatic heterocycles. The summed E-state index contributed by atoms with van der Waals surface area (Å²) in [5, 5.41) is 0. The molecule has 0 aromatic heterocycles. The standard InChI is InChI=1S/C8H14N2O3S.C2H6/c1-6(11)9-4-8-3-7(9)5-10(8)14(2,12)13;1-2/h7-8H,3-5H2,1-2H3;1-2H3. The average Bonchev–Trinajstić information content (AvgIpc) is 2.77. The Bertz CT molecular complexity index is 366. The van der Waals surface area contributed by atoms with Crippen molar-refractivity contribution in [3.05, 3.63) is 0 Å². The molecule has 2 bridgehead atoms. The molecule has 2 rings (SSSR count). The predicted molar refractivity (Wildman–Crippen MR) is 62.5 cm³/mol. The first-order valence-corrected chi connectivity index (χ1v) is 7.48. The maximum absolute atomic E-state index is 11.3. The van der Waals surface area contributed by atoms with E-state index in [0.717, 1.165) is 6.42 Å². The molecule has 2 fully saturated rings. The van der Waals surface area contributed by atoms with Crippen LogP contribution < -0.4 is 0 Å². The zero-order chi connectivity index (χ0) is 12.5. The van der Waals surface area contributed by atoms with Gasteiger partial charge in [0.15, 0.2) is 0 Å². The van der Waals surface area contributed by atoms with Crippen molar-refractivity contribution in [2.24, 2.45) is 0 Å². The zero-order valence-electron chi connectivity index (χ0n) is 10.3. The van der Waals surface area contributed by atoms with Crippen molar-refractivity contribution >= 4 is 15.9 Å². The van der Waals surface area contributed by atoms with Crippen LogP contribution in [0.4, 0.5) is 0 Å². The Morgan fingerprint density at radius 1 is 1.19 bits per heavy atom. The van der Waals surface area contributed by atoms with E-state index >= 15 is 0 Å². The molecule has 2 saturated heterocycles. The number of fused-ring (bicyclic) bond motifs is 2. The summed E-state index contributed by atoms with van der Waals surface area (Å²) in [6, 6.07) is 0.117. The summed E-state index contributed by atoms with van der Waals surface area (Å²) in [5.41, 5.74) is 0. The van der Waals surface area contributed by atoms with E-state index in [4.69, 9.17) is 0 Å². The summed E-state index contributed by atoms with van der Waals surface area (Å²) in [6.07, 6.45) is 2.03. The second-order valence-corrected chi connectivity index (χ2v) is 5.98. The van der Waals surface area contributed by atoms with Gasteiger partial charge in [0, 0.05) is 32.1 Å². The van der Waals surface area contributed by atoms with E-state index in [1.54, 1.807) is 4.90 Å². The van der Waals surface area contributed by atoms with Crippen LogP contribution in [0.25, 0.3) is 0 Å². The van der Waals surface area contributed by atoms with Crippen LogP contribution >= 0.6 is 0 Å². The Hall–Kier alpha value is -0.620. The number of carbonyl (C=O) groups is 1. The molecule has 2 unspecified atom stereocenters. The second kappa shape index (κ2) is 4.71. The van der Waals surface area contributed by atoms with Crippen LogP contribution in [-0.2, 0) is 14.8 Å². The highest BCUT2D eigenvalue weighted by Gasteiger charge is 2.47. The van der Waals surface area contributed by atoms with Crippen molar-refractivity contribution in [2.45, 2.75) is 39.3 Å². The lowest BCUT2D eigenvalue weighted by atomic mass is 10.2. The van der Waals surface area contributed by atoms with E-state index in [0.29, 0.717) is 13.1 Å².